The summed E-state index contributed by atoms with van der Waals surface area (Å²) in [7, 11) is 0. The highest BCUT2D eigenvalue weighted by Gasteiger charge is 2.13. The Bertz CT molecular complexity index is 560. The van der Waals surface area contributed by atoms with Crippen LogP contribution < -0.4 is 5.73 Å². The number of hydrogen-bond acceptors (Lipinski definition) is 4. The molecule has 1 heterocycles. The smallest absolute Gasteiger partial charge is 0.159 e. The fraction of sp³-hybridized carbons (Fsp3) is 0.143. The Morgan fingerprint density at radius 1 is 1.25 bits per heavy atom. The van der Waals surface area contributed by atoms with Crippen molar-refractivity contribution in [3.8, 4) is 11.4 Å². The molecule has 0 radical (unpaired) electrons. The second-order valence-corrected chi connectivity index (χ2v) is 4.00. The van der Waals surface area contributed by atoms with Gasteiger partial charge in [0.05, 0.1) is 6.33 Å². The van der Waals surface area contributed by atoms with Crippen molar-refractivity contribution in [2.45, 2.75) is 6.10 Å². The predicted octanol–water partition coefficient (Wildman–Crippen LogP) is 2.41. The van der Waals surface area contributed by atoms with Gasteiger partial charge in [-0.1, -0.05) is 30.3 Å². The van der Waals surface area contributed by atoms with Crippen LogP contribution in [-0.2, 0) is 0 Å². The summed E-state index contributed by atoms with van der Waals surface area (Å²) in [6.07, 6.45) is 2.15. The molecule has 1 aromatic carbocycles. The molecule has 1 unspecified atom stereocenters. The second kappa shape index (κ2) is 7.69. The maximum atomic E-state index is 12.5. The third-order valence-electron chi connectivity index (χ3n) is 2.75. The second-order valence-electron chi connectivity index (χ2n) is 4.00. The molecular weight excluding hydrogens is 281 g/mol. The van der Waals surface area contributed by atoms with Crippen molar-refractivity contribution in [1.29, 1.82) is 0 Å². The van der Waals surface area contributed by atoms with E-state index < -0.39 is 6.10 Å². The summed E-state index contributed by atoms with van der Waals surface area (Å²) in [4.78, 5) is 8.32. The van der Waals surface area contributed by atoms with Crippen LogP contribution in [0, 0.1) is 0 Å². The molecule has 4 nitrogen and oxygen atoms in total. The number of nitrogens with zero attached hydrogens (tertiary/aromatic N) is 2. The number of nitrogens with two attached hydrogens (primary N) is 1. The lowest BCUT2D eigenvalue weighted by Gasteiger charge is -2.12. The van der Waals surface area contributed by atoms with Gasteiger partial charge in [0, 0.05) is 35.6 Å². The molecule has 3 N–H and O–H groups in total. The van der Waals surface area contributed by atoms with E-state index in [2.05, 4.69) is 9.97 Å². The minimum absolute atomic E-state index is 0. The quantitative estimate of drug-likeness (QED) is 0.908. The number of aliphatic hydroxyl groups excluding tert-OH is 1. The number of benzene rings is 1. The van der Waals surface area contributed by atoms with Gasteiger partial charge in [0.1, 0.15) is 6.10 Å². The summed E-state index contributed by atoms with van der Waals surface area (Å²) in [5, 5.41) is 9.87. The molecule has 20 heavy (non-hydrogen) atoms. The van der Waals surface area contributed by atoms with Gasteiger partial charge in [0.25, 0.3) is 0 Å². The summed E-state index contributed by atoms with van der Waals surface area (Å²) in [6.45, 7) is -0.0574. The molecule has 1 atom stereocenters. The van der Waals surface area contributed by atoms with Gasteiger partial charge < -0.3 is 10.8 Å². The SMILES string of the molecule is Cl.NC/C(=C/F)C(O)c1cnc(-c2ccccc2)nc1. The van der Waals surface area contributed by atoms with Crippen molar-refractivity contribution < 1.29 is 9.50 Å². The molecule has 0 amide bonds. The van der Waals surface area contributed by atoms with Crippen molar-refractivity contribution in [2.24, 2.45) is 5.73 Å². The van der Waals surface area contributed by atoms with Crippen molar-refractivity contribution in [3.63, 3.8) is 0 Å². The van der Waals surface area contributed by atoms with Crippen LogP contribution in [-0.4, -0.2) is 21.6 Å². The van der Waals surface area contributed by atoms with Crippen molar-refractivity contribution in [1.82, 2.24) is 9.97 Å². The van der Waals surface area contributed by atoms with E-state index in [1.165, 1.54) is 12.4 Å². The molecule has 1 aromatic heterocycles. The standard InChI is InChI=1S/C14H14FN3O.ClH/c15-6-11(7-16)13(19)12-8-17-14(18-9-12)10-4-2-1-3-5-10;/h1-6,8-9,13,19H,7,16H2;1H/b11-6-;. The number of hydrogen-bond donors (Lipinski definition) is 2. The maximum absolute atomic E-state index is 12.5. The average Bonchev–Trinajstić information content (AvgIpc) is 2.49. The van der Waals surface area contributed by atoms with Crippen LogP contribution in [0.5, 0.6) is 0 Å². The fourth-order valence-corrected chi connectivity index (χ4v) is 1.65. The third-order valence-corrected chi connectivity index (χ3v) is 2.75. The lowest BCUT2D eigenvalue weighted by molar-refractivity contribution is 0.211. The summed E-state index contributed by atoms with van der Waals surface area (Å²) in [6, 6.07) is 9.46. The Kier molecular flexibility index (Phi) is 6.24. The molecule has 0 bridgehead atoms. The zero-order chi connectivity index (χ0) is 13.7. The van der Waals surface area contributed by atoms with Gasteiger partial charge in [0.2, 0.25) is 0 Å². The summed E-state index contributed by atoms with van der Waals surface area (Å²) in [5.74, 6) is 0.551. The van der Waals surface area contributed by atoms with Crippen LogP contribution in [0.2, 0.25) is 0 Å². The van der Waals surface area contributed by atoms with Crippen LogP contribution in [0.1, 0.15) is 11.7 Å². The molecule has 0 spiro atoms. The normalized spacial score (nSPS) is 12.7. The molecule has 106 valence electrons. The van der Waals surface area contributed by atoms with E-state index in [-0.39, 0.29) is 24.5 Å². The third kappa shape index (κ3) is 3.60. The van der Waals surface area contributed by atoms with E-state index in [1.54, 1.807) is 0 Å². The molecule has 0 saturated carbocycles. The minimum atomic E-state index is -1.11. The monoisotopic (exact) mass is 295 g/mol. The van der Waals surface area contributed by atoms with E-state index in [0.717, 1.165) is 5.56 Å². The molecule has 2 rings (SSSR count). The van der Waals surface area contributed by atoms with Crippen LogP contribution in [0.15, 0.2) is 54.6 Å². The molecule has 0 aliphatic rings. The minimum Gasteiger partial charge on any atom is -0.384 e. The predicted molar refractivity (Wildman–Crippen MR) is 77.9 cm³/mol. The largest absolute Gasteiger partial charge is 0.384 e. The summed E-state index contributed by atoms with van der Waals surface area (Å²) >= 11 is 0. The number of halogens is 2. The highest BCUT2D eigenvalue weighted by Crippen LogP contribution is 2.21. The Labute approximate surface area is 122 Å². The van der Waals surface area contributed by atoms with Gasteiger partial charge in [-0.2, -0.15) is 0 Å². The summed E-state index contributed by atoms with van der Waals surface area (Å²) < 4.78 is 12.5. The molecule has 6 heteroatoms. The number of aromatic nitrogens is 2. The average molecular weight is 296 g/mol. The van der Waals surface area contributed by atoms with Gasteiger partial charge in [-0.25, -0.2) is 14.4 Å². The van der Waals surface area contributed by atoms with Crippen molar-refractivity contribution in [2.75, 3.05) is 6.54 Å². The Balaban J connectivity index is 0.00000200. The van der Waals surface area contributed by atoms with E-state index in [9.17, 15) is 9.50 Å². The Hall–Kier alpha value is -1.82. The molecule has 0 fully saturated rings. The zero-order valence-electron chi connectivity index (χ0n) is 10.6. The van der Waals surface area contributed by atoms with Gasteiger partial charge >= 0.3 is 0 Å². The van der Waals surface area contributed by atoms with Crippen LogP contribution >= 0.6 is 12.4 Å². The fourth-order valence-electron chi connectivity index (χ4n) is 1.65. The first kappa shape index (κ1) is 16.2. The first-order chi connectivity index (χ1) is 9.26. The Morgan fingerprint density at radius 3 is 2.35 bits per heavy atom. The van der Waals surface area contributed by atoms with Gasteiger partial charge in [0.15, 0.2) is 5.82 Å². The Morgan fingerprint density at radius 2 is 1.85 bits per heavy atom. The highest BCUT2D eigenvalue weighted by atomic mass is 35.5. The van der Waals surface area contributed by atoms with Crippen molar-refractivity contribution in [3.05, 3.63) is 60.2 Å². The maximum Gasteiger partial charge on any atom is 0.159 e. The zero-order valence-corrected chi connectivity index (χ0v) is 11.4. The molecule has 0 aliphatic heterocycles. The lowest BCUT2D eigenvalue weighted by atomic mass is 10.1. The van der Waals surface area contributed by atoms with Crippen LogP contribution in [0.3, 0.4) is 0 Å². The molecule has 0 aliphatic carbocycles. The van der Waals surface area contributed by atoms with E-state index >= 15 is 0 Å². The molecule has 2 aromatic rings. The topological polar surface area (TPSA) is 72.0 Å². The van der Waals surface area contributed by atoms with Gasteiger partial charge in [-0.15, -0.1) is 12.4 Å². The van der Waals surface area contributed by atoms with E-state index in [0.29, 0.717) is 17.7 Å². The van der Waals surface area contributed by atoms with Crippen molar-refractivity contribution >= 4 is 12.4 Å². The molecule has 0 saturated heterocycles. The van der Waals surface area contributed by atoms with Crippen LogP contribution in [0.25, 0.3) is 11.4 Å². The van der Waals surface area contributed by atoms with Gasteiger partial charge in [-0.05, 0) is 0 Å². The van der Waals surface area contributed by atoms with E-state index in [4.69, 9.17) is 5.73 Å². The van der Waals surface area contributed by atoms with Crippen LogP contribution in [0.4, 0.5) is 4.39 Å². The van der Waals surface area contributed by atoms with Gasteiger partial charge in [-0.3, -0.25) is 0 Å². The number of aliphatic hydroxyl groups is 1. The van der Waals surface area contributed by atoms with E-state index in [1.807, 2.05) is 30.3 Å². The highest BCUT2D eigenvalue weighted by molar-refractivity contribution is 5.85. The summed E-state index contributed by atoms with van der Waals surface area (Å²) in [5.41, 5.74) is 6.72. The number of rotatable bonds is 4. The lowest BCUT2D eigenvalue weighted by Crippen LogP contribution is -2.12. The first-order valence-corrected chi connectivity index (χ1v) is 5.81. The first-order valence-electron chi connectivity index (χ1n) is 5.81. The molecular formula is C14H15ClFN3O.